The molecule has 7 nitrogen and oxygen atoms in total. The molecular formula is C25H33BrClN3O4S. The van der Waals surface area contributed by atoms with E-state index in [0.29, 0.717) is 17.1 Å². The fourth-order valence-corrected chi connectivity index (χ4v) is 4.76. The lowest BCUT2D eigenvalue weighted by molar-refractivity contribution is -0.140. The van der Waals surface area contributed by atoms with Crippen LogP contribution in [-0.2, 0) is 26.2 Å². The molecule has 2 aromatic rings. The van der Waals surface area contributed by atoms with Crippen molar-refractivity contribution in [1.29, 1.82) is 0 Å². The number of nitrogens with one attached hydrogen (secondary N) is 1. The molecule has 0 bridgehead atoms. The van der Waals surface area contributed by atoms with Crippen molar-refractivity contribution >= 4 is 55.1 Å². The van der Waals surface area contributed by atoms with Gasteiger partial charge in [-0.15, -0.1) is 0 Å². The topological polar surface area (TPSA) is 86.8 Å². The molecule has 0 aliphatic carbocycles. The van der Waals surface area contributed by atoms with Crippen LogP contribution in [0.4, 0.5) is 5.69 Å². The van der Waals surface area contributed by atoms with E-state index in [0.717, 1.165) is 32.6 Å². The standard InChI is InChI=1S/C25H33BrClN3O4S/c1-6-18(4)28-25(32)23(7-2)29(15-19-8-10-20(27)11-9-19)24(31)16-30(35(5,33)34)21-12-13-22(26)17(3)14-21/h8-14,18,23H,6-7,15-16H2,1-5H3,(H,28,32)/t18-,23-/m0/s1. The van der Waals surface area contributed by atoms with Gasteiger partial charge in [0.25, 0.3) is 0 Å². The van der Waals surface area contributed by atoms with Gasteiger partial charge in [0.2, 0.25) is 21.8 Å². The van der Waals surface area contributed by atoms with Crippen molar-refractivity contribution in [3.05, 3.63) is 63.1 Å². The highest BCUT2D eigenvalue weighted by Gasteiger charge is 2.32. The summed E-state index contributed by atoms with van der Waals surface area (Å²) < 4.78 is 27.3. The number of nitrogens with zero attached hydrogens (tertiary/aromatic N) is 2. The van der Waals surface area contributed by atoms with Gasteiger partial charge < -0.3 is 10.2 Å². The Kier molecular flexibility index (Phi) is 10.6. The third-order valence-electron chi connectivity index (χ3n) is 5.76. The molecule has 0 heterocycles. The van der Waals surface area contributed by atoms with Crippen LogP contribution < -0.4 is 9.62 Å². The van der Waals surface area contributed by atoms with Crippen molar-refractivity contribution in [3.8, 4) is 0 Å². The van der Waals surface area contributed by atoms with E-state index < -0.39 is 28.5 Å². The quantitative estimate of drug-likeness (QED) is 0.406. The number of carbonyl (C=O) groups is 2. The summed E-state index contributed by atoms with van der Waals surface area (Å²) >= 11 is 9.43. The molecule has 0 radical (unpaired) electrons. The third kappa shape index (κ3) is 8.22. The van der Waals surface area contributed by atoms with Crippen molar-refractivity contribution in [2.75, 3.05) is 17.1 Å². The van der Waals surface area contributed by atoms with Crippen LogP contribution in [0.5, 0.6) is 0 Å². The number of aryl methyl sites for hydroxylation is 1. The van der Waals surface area contributed by atoms with Gasteiger partial charge in [-0.25, -0.2) is 8.42 Å². The van der Waals surface area contributed by atoms with E-state index in [1.54, 1.807) is 42.5 Å². The summed E-state index contributed by atoms with van der Waals surface area (Å²) in [7, 11) is -3.78. The first-order valence-corrected chi connectivity index (χ1v) is 14.5. The Labute approximate surface area is 222 Å². The highest BCUT2D eigenvalue weighted by atomic mass is 79.9. The fourth-order valence-electron chi connectivity index (χ4n) is 3.54. The van der Waals surface area contributed by atoms with Gasteiger partial charge in [-0.3, -0.25) is 13.9 Å². The second kappa shape index (κ2) is 12.7. The zero-order chi connectivity index (χ0) is 26.3. The van der Waals surface area contributed by atoms with E-state index in [1.165, 1.54) is 4.90 Å². The van der Waals surface area contributed by atoms with E-state index in [9.17, 15) is 18.0 Å². The molecule has 2 rings (SSSR count). The summed E-state index contributed by atoms with van der Waals surface area (Å²) in [6.07, 6.45) is 2.18. The van der Waals surface area contributed by atoms with E-state index in [1.807, 2.05) is 27.7 Å². The molecule has 0 saturated heterocycles. The first-order valence-electron chi connectivity index (χ1n) is 11.5. The number of amides is 2. The Hall–Kier alpha value is -2.10. The Balaban J connectivity index is 2.45. The predicted octanol–water partition coefficient (Wildman–Crippen LogP) is 4.90. The first kappa shape index (κ1) is 29.1. The molecule has 1 N–H and O–H groups in total. The van der Waals surface area contributed by atoms with Gasteiger partial charge in [0.05, 0.1) is 11.9 Å². The molecule has 0 saturated carbocycles. The average Bonchev–Trinajstić information content (AvgIpc) is 2.79. The lowest BCUT2D eigenvalue weighted by Gasteiger charge is -2.33. The molecule has 2 aromatic carbocycles. The van der Waals surface area contributed by atoms with Gasteiger partial charge in [0.1, 0.15) is 12.6 Å². The van der Waals surface area contributed by atoms with Gasteiger partial charge in [-0.05, 0) is 68.1 Å². The molecule has 0 spiro atoms. The number of sulfonamides is 1. The van der Waals surface area contributed by atoms with Gasteiger partial charge in [-0.2, -0.15) is 0 Å². The summed E-state index contributed by atoms with van der Waals surface area (Å²) in [6, 6.07) is 11.3. The van der Waals surface area contributed by atoms with E-state index >= 15 is 0 Å². The average molecular weight is 587 g/mol. The lowest BCUT2D eigenvalue weighted by Crippen LogP contribution is -2.53. The van der Waals surface area contributed by atoms with Crippen LogP contribution in [0.2, 0.25) is 5.02 Å². The Morgan fingerprint density at radius 3 is 2.23 bits per heavy atom. The molecule has 0 aliphatic rings. The molecule has 0 unspecified atom stereocenters. The summed E-state index contributed by atoms with van der Waals surface area (Å²) in [5, 5.41) is 3.51. The van der Waals surface area contributed by atoms with Crippen LogP contribution >= 0.6 is 27.5 Å². The number of hydrogen-bond acceptors (Lipinski definition) is 4. The number of anilines is 1. The fraction of sp³-hybridized carbons (Fsp3) is 0.440. The second-order valence-corrected chi connectivity index (χ2v) is 11.8. The number of carbonyl (C=O) groups excluding carboxylic acids is 2. The van der Waals surface area contributed by atoms with Crippen LogP contribution in [0.15, 0.2) is 46.9 Å². The summed E-state index contributed by atoms with van der Waals surface area (Å²) in [4.78, 5) is 28.2. The predicted molar refractivity (Wildman–Crippen MR) is 145 cm³/mol. The number of halogens is 2. The number of rotatable bonds is 11. The minimum absolute atomic E-state index is 0.0534. The zero-order valence-electron chi connectivity index (χ0n) is 20.7. The zero-order valence-corrected chi connectivity index (χ0v) is 23.9. The van der Waals surface area contributed by atoms with E-state index in [-0.39, 0.29) is 18.5 Å². The van der Waals surface area contributed by atoms with E-state index in [4.69, 9.17) is 11.6 Å². The molecule has 192 valence electrons. The van der Waals surface area contributed by atoms with Crippen LogP contribution in [-0.4, -0.2) is 50.0 Å². The van der Waals surface area contributed by atoms with Crippen LogP contribution in [0, 0.1) is 6.92 Å². The monoisotopic (exact) mass is 585 g/mol. The minimum Gasteiger partial charge on any atom is -0.352 e. The lowest BCUT2D eigenvalue weighted by atomic mass is 10.1. The normalized spacial score (nSPS) is 13.1. The van der Waals surface area contributed by atoms with Crippen molar-refractivity contribution in [2.24, 2.45) is 0 Å². The maximum atomic E-state index is 13.7. The Morgan fingerprint density at radius 1 is 1.09 bits per heavy atom. The SMILES string of the molecule is CC[C@H](C)NC(=O)[C@H](CC)N(Cc1ccc(Cl)cc1)C(=O)CN(c1ccc(Br)c(C)c1)S(C)(=O)=O. The van der Waals surface area contributed by atoms with Gasteiger partial charge in [0.15, 0.2) is 0 Å². The summed E-state index contributed by atoms with van der Waals surface area (Å²) in [6.45, 7) is 7.24. The largest absolute Gasteiger partial charge is 0.352 e. The van der Waals surface area contributed by atoms with Gasteiger partial charge in [0, 0.05) is 22.1 Å². The molecule has 35 heavy (non-hydrogen) atoms. The van der Waals surface area contributed by atoms with Gasteiger partial charge in [-0.1, -0.05) is 53.5 Å². The highest BCUT2D eigenvalue weighted by Crippen LogP contribution is 2.25. The number of hydrogen-bond donors (Lipinski definition) is 1. The molecule has 0 aliphatic heterocycles. The summed E-state index contributed by atoms with van der Waals surface area (Å²) in [5.41, 5.74) is 1.99. The minimum atomic E-state index is -3.78. The summed E-state index contributed by atoms with van der Waals surface area (Å²) in [5.74, 6) is -0.744. The molecular weight excluding hydrogens is 554 g/mol. The molecule has 10 heteroatoms. The third-order valence-corrected chi connectivity index (χ3v) is 8.04. The van der Waals surface area contributed by atoms with Crippen molar-refractivity contribution in [1.82, 2.24) is 10.2 Å². The van der Waals surface area contributed by atoms with Crippen LogP contribution in [0.3, 0.4) is 0 Å². The second-order valence-electron chi connectivity index (χ2n) is 8.59. The Morgan fingerprint density at radius 2 is 1.71 bits per heavy atom. The van der Waals surface area contributed by atoms with E-state index in [2.05, 4.69) is 21.2 Å². The molecule has 0 aromatic heterocycles. The molecule has 2 amide bonds. The molecule has 2 atom stereocenters. The highest BCUT2D eigenvalue weighted by molar-refractivity contribution is 9.10. The number of benzene rings is 2. The maximum absolute atomic E-state index is 13.7. The maximum Gasteiger partial charge on any atom is 0.244 e. The molecule has 0 fully saturated rings. The van der Waals surface area contributed by atoms with Crippen molar-refractivity contribution < 1.29 is 18.0 Å². The van der Waals surface area contributed by atoms with Crippen LogP contribution in [0.1, 0.15) is 44.7 Å². The van der Waals surface area contributed by atoms with Gasteiger partial charge >= 0.3 is 0 Å². The smallest absolute Gasteiger partial charge is 0.244 e. The van der Waals surface area contributed by atoms with Crippen molar-refractivity contribution in [3.63, 3.8) is 0 Å². The Bertz CT molecular complexity index is 1140. The van der Waals surface area contributed by atoms with Crippen LogP contribution in [0.25, 0.3) is 0 Å². The van der Waals surface area contributed by atoms with Crippen molar-refractivity contribution in [2.45, 2.75) is 59.2 Å². The first-order chi connectivity index (χ1) is 16.4.